The number of nitrogens with zero attached hydrogens (tertiary/aromatic N) is 3. The molecule has 13 nitrogen and oxygen atoms in total. The molecule has 8 N–H and O–H groups in total. The van der Waals surface area contributed by atoms with Gasteiger partial charge >= 0.3 is 0 Å². The fourth-order valence-corrected chi connectivity index (χ4v) is 13.5. The summed E-state index contributed by atoms with van der Waals surface area (Å²) < 4.78 is 21.2. The van der Waals surface area contributed by atoms with Crippen molar-refractivity contribution in [2.75, 3.05) is 55.4 Å². The second-order valence-corrected chi connectivity index (χ2v) is 27.1. The van der Waals surface area contributed by atoms with Crippen LogP contribution >= 0.6 is 0 Å². The molecule has 0 heterocycles. The Balaban J connectivity index is 0.000000131. The van der Waals surface area contributed by atoms with E-state index in [4.69, 9.17) is 36.1 Å². The fraction of sp³-hybridized carbons (Fsp3) is 0.0891. The lowest BCUT2D eigenvalue weighted by molar-refractivity contribution is 0.112. The molecule has 0 aliphatic carbocycles. The first-order valence-electron chi connectivity index (χ1n) is 37.5. The van der Waals surface area contributed by atoms with Crippen LogP contribution in [-0.4, -0.2) is 51.2 Å². The zero-order valence-corrected chi connectivity index (χ0v) is 64.6. The molecule has 17 aromatic carbocycles. The van der Waals surface area contributed by atoms with Crippen LogP contribution in [0, 0.1) is 6.92 Å². The summed E-state index contributed by atoms with van der Waals surface area (Å²) in [6.45, 7) is 5.32. The summed E-state index contributed by atoms with van der Waals surface area (Å²) in [7, 11) is 6.69. The van der Waals surface area contributed by atoms with Crippen LogP contribution in [0.3, 0.4) is 0 Å². The van der Waals surface area contributed by atoms with E-state index in [1.807, 2.05) is 200 Å². The predicted molar refractivity (Wildman–Crippen MR) is 476 cm³/mol. The smallest absolute Gasteiger partial charge is 0.150 e. The first-order chi connectivity index (χ1) is 55.7. The highest BCUT2D eigenvalue weighted by atomic mass is 16.5. The summed E-state index contributed by atoms with van der Waals surface area (Å²) in [4.78, 5) is 20.9. The number of aldehydes is 1. The molecule has 0 amide bonds. The fourth-order valence-electron chi connectivity index (χ4n) is 13.5. The molecule has 17 aromatic rings. The highest BCUT2D eigenvalue weighted by Crippen LogP contribution is 2.37. The molecule has 114 heavy (non-hydrogen) atoms. The quantitative estimate of drug-likeness (QED) is 0.0330. The van der Waals surface area contributed by atoms with Crippen LogP contribution in [-0.2, 0) is 26.2 Å². The minimum atomic E-state index is 0.250. The van der Waals surface area contributed by atoms with Gasteiger partial charge in [-0.15, -0.1) is 0 Å². The monoisotopic (exact) mass is 1500 g/mol. The van der Waals surface area contributed by atoms with Gasteiger partial charge in [-0.1, -0.05) is 237 Å². The second-order valence-electron chi connectivity index (χ2n) is 27.1. The molecule has 568 valence electrons. The summed E-state index contributed by atoms with van der Waals surface area (Å²) in [5.74, 6) is 3.85. The number of phenols is 2. The summed E-state index contributed by atoms with van der Waals surface area (Å²) in [5, 5.41) is 31.6. The largest absolute Gasteiger partial charge is 0.508 e. The van der Waals surface area contributed by atoms with Gasteiger partial charge in [0.25, 0.3) is 0 Å². The highest BCUT2D eigenvalue weighted by molar-refractivity contribution is 6.05. The van der Waals surface area contributed by atoms with Gasteiger partial charge in [0.05, 0.1) is 34.1 Å². The van der Waals surface area contributed by atoms with Crippen molar-refractivity contribution in [3.8, 4) is 34.5 Å². The third-order valence-electron chi connectivity index (χ3n) is 19.5. The Hall–Kier alpha value is -14.6. The SMILES string of the molecule is COc1ccc2c(C)ccc(N)c2c1.COc1ccc2c(C=O)ccc(N(Cc3ccccc3)Cc3ccccc3)c2c1.COc1ccc2cccc(N(Cc3ccccc3)Cc3ccccc3)c2c1.COc1ccc2cccc(N)c2c1.Nc1cccc2ccc(O)cc12.Oc1ccc2cccc(N=Cc3ccccc3)c2c1. The Morgan fingerprint density at radius 2 is 0.684 bits per heavy atom. The topological polar surface area (TPSA) is 191 Å². The molecule has 0 aliphatic heterocycles. The lowest BCUT2D eigenvalue weighted by Crippen LogP contribution is -2.22. The summed E-state index contributed by atoms with van der Waals surface area (Å²) in [6, 6.07) is 118. The molecule has 0 bridgehead atoms. The first kappa shape index (κ1) is 79.0. The minimum absolute atomic E-state index is 0.250. The van der Waals surface area contributed by atoms with Gasteiger partial charge < -0.3 is 56.2 Å². The maximum absolute atomic E-state index is 11.6. The van der Waals surface area contributed by atoms with Crippen LogP contribution in [0.25, 0.3) is 64.6 Å². The van der Waals surface area contributed by atoms with E-state index in [1.54, 1.807) is 52.7 Å². The van der Waals surface area contributed by atoms with Gasteiger partial charge in [-0.2, -0.15) is 0 Å². The molecular formula is C101H92N6O7. The number of nitrogen functional groups attached to an aromatic ring is 3. The average molecular weight is 1500 g/mol. The Bertz CT molecular complexity index is 5970. The number of rotatable bonds is 17. The number of aliphatic imine (C=N–C) groups is 1. The molecular weight excluding hydrogens is 1410 g/mol. The van der Waals surface area contributed by atoms with Crippen LogP contribution in [0.4, 0.5) is 34.1 Å². The normalized spacial score (nSPS) is 10.6. The lowest BCUT2D eigenvalue weighted by Gasteiger charge is -2.27. The summed E-state index contributed by atoms with van der Waals surface area (Å²) in [5.41, 5.74) is 30.9. The van der Waals surface area contributed by atoms with E-state index in [0.717, 1.165) is 132 Å². The van der Waals surface area contributed by atoms with Crippen molar-refractivity contribution in [1.29, 1.82) is 0 Å². The minimum Gasteiger partial charge on any atom is -0.508 e. The number of aromatic hydroxyl groups is 2. The average Bonchev–Trinajstić information content (AvgIpc) is 0.777. The van der Waals surface area contributed by atoms with Gasteiger partial charge in [-0.05, 0) is 194 Å². The molecule has 0 radical (unpaired) electrons. The molecule has 0 unspecified atom stereocenters. The number of nitrogens with two attached hydrogens (primary N) is 3. The van der Waals surface area contributed by atoms with Crippen molar-refractivity contribution >= 4 is 111 Å². The molecule has 0 aromatic heterocycles. The lowest BCUT2D eigenvalue weighted by atomic mass is 10.0. The van der Waals surface area contributed by atoms with Gasteiger partial charge in [0.1, 0.15) is 34.5 Å². The second kappa shape index (κ2) is 39.2. The van der Waals surface area contributed by atoms with E-state index in [2.05, 4.69) is 161 Å². The number of methoxy groups -OCH3 is 4. The van der Waals surface area contributed by atoms with E-state index >= 15 is 0 Å². The van der Waals surface area contributed by atoms with E-state index in [0.29, 0.717) is 11.3 Å². The van der Waals surface area contributed by atoms with E-state index < -0.39 is 0 Å². The number of aryl methyl sites for hydroxylation is 1. The number of fused-ring (bicyclic) bond motifs is 6. The van der Waals surface area contributed by atoms with Gasteiger partial charge in [0, 0.05) is 98.7 Å². The van der Waals surface area contributed by atoms with Crippen molar-refractivity contribution in [3.63, 3.8) is 0 Å². The Morgan fingerprint density at radius 3 is 1.17 bits per heavy atom. The van der Waals surface area contributed by atoms with Gasteiger partial charge in [0.15, 0.2) is 6.29 Å². The third kappa shape index (κ3) is 20.9. The van der Waals surface area contributed by atoms with Crippen molar-refractivity contribution in [2.24, 2.45) is 4.99 Å². The highest BCUT2D eigenvalue weighted by Gasteiger charge is 2.17. The maximum atomic E-state index is 11.6. The van der Waals surface area contributed by atoms with Gasteiger partial charge in [-0.3, -0.25) is 9.79 Å². The predicted octanol–water partition coefficient (Wildman–Crippen LogP) is 23.5. The van der Waals surface area contributed by atoms with Crippen LogP contribution in [0.15, 0.2) is 363 Å². The van der Waals surface area contributed by atoms with E-state index in [1.165, 1.54) is 49.7 Å². The molecule has 0 saturated carbocycles. The Morgan fingerprint density at radius 1 is 0.316 bits per heavy atom. The zero-order valence-electron chi connectivity index (χ0n) is 64.6. The van der Waals surface area contributed by atoms with Crippen LogP contribution in [0.5, 0.6) is 34.5 Å². The zero-order chi connectivity index (χ0) is 79.6. The summed E-state index contributed by atoms with van der Waals surface area (Å²) in [6.07, 6.45) is 2.75. The van der Waals surface area contributed by atoms with Crippen molar-refractivity contribution < 1.29 is 34.0 Å². The standard InChI is InChI=1S/C26H23NO2.C25H23NO.C17H13NO.C12H13NO.C11H11NO.C10H9NO/c1-29-23-13-14-24-22(19-28)12-15-26(25(24)16-23)27(17-20-8-4-2-5-9-20)18-21-10-6-3-7-11-21;1-27-23-16-15-22-13-8-14-25(24(22)17-23)26(18-20-9-4-2-5-10-20)19-21-11-6-3-7-12-21;19-15-10-9-14-7-4-8-17(16(14)11-15)18-12-13-5-2-1-3-6-13;1-8-3-6-12(13)11-7-9(14-2)4-5-10(8)11;1-13-9-6-5-8-3-2-4-11(12)10(8)7-9;11-10-3-1-2-7-4-5-8(12)6-9(7)10/h2-16,19H,17-18H2,1H3;2-17H,18-19H2,1H3;1-12,19H;3-7H,13H2,1-2H3;2-7H,12H2,1H3;1-6,12H,11H2. The third-order valence-corrected chi connectivity index (χ3v) is 19.5. The van der Waals surface area contributed by atoms with E-state index in [9.17, 15) is 15.0 Å². The number of hydrogen-bond acceptors (Lipinski definition) is 13. The van der Waals surface area contributed by atoms with E-state index in [-0.39, 0.29) is 11.5 Å². The van der Waals surface area contributed by atoms with Crippen LogP contribution in [0.2, 0.25) is 0 Å². The van der Waals surface area contributed by atoms with Crippen molar-refractivity contribution in [3.05, 3.63) is 397 Å². The number of anilines is 5. The molecule has 0 atom stereocenters. The number of carbonyl (C=O) groups excluding carboxylic acids is 1. The Labute approximate surface area is 666 Å². The molecule has 13 heteroatoms. The number of benzene rings is 17. The molecule has 17 rings (SSSR count). The number of ether oxygens (including phenoxy) is 4. The van der Waals surface area contributed by atoms with Crippen LogP contribution in [0.1, 0.15) is 43.7 Å². The number of carbonyl (C=O) groups is 1. The van der Waals surface area contributed by atoms with Gasteiger partial charge in [-0.25, -0.2) is 0 Å². The maximum Gasteiger partial charge on any atom is 0.150 e. The Kier molecular flexibility index (Phi) is 27.2. The van der Waals surface area contributed by atoms with Crippen molar-refractivity contribution in [1.82, 2.24) is 0 Å². The summed E-state index contributed by atoms with van der Waals surface area (Å²) >= 11 is 0. The first-order valence-corrected chi connectivity index (χ1v) is 37.5. The van der Waals surface area contributed by atoms with Gasteiger partial charge in [0.2, 0.25) is 0 Å². The molecule has 0 saturated heterocycles. The number of hydrogen-bond donors (Lipinski definition) is 5. The number of phenolic OH excluding ortho intramolecular Hbond substituents is 2. The van der Waals surface area contributed by atoms with Crippen molar-refractivity contribution in [2.45, 2.75) is 33.1 Å². The van der Waals surface area contributed by atoms with Crippen LogP contribution < -0.4 is 45.9 Å². The molecule has 0 aliphatic rings. The molecule has 0 spiro atoms. The molecule has 0 fully saturated rings.